The molecule has 0 aromatic heterocycles. The van der Waals surface area contributed by atoms with E-state index in [1.807, 2.05) is 36.4 Å². The number of carboxylic acid groups (broad SMARTS) is 1. The number of carbonyl (C=O) groups is 1. The van der Waals surface area contributed by atoms with Crippen LogP contribution in [0.25, 0.3) is 0 Å². The fourth-order valence-electron chi connectivity index (χ4n) is 2.76. The quantitative estimate of drug-likeness (QED) is 0.718. The Bertz CT molecular complexity index is 741. The van der Waals surface area contributed by atoms with Crippen LogP contribution >= 0.6 is 0 Å². The lowest BCUT2D eigenvalue weighted by molar-refractivity contribution is -0.139. The summed E-state index contributed by atoms with van der Waals surface area (Å²) in [6, 6.07) is 10.7. The average molecular weight is 283 g/mol. The van der Waals surface area contributed by atoms with Gasteiger partial charge in [0.1, 0.15) is 6.04 Å². The second-order valence-corrected chi connectivity index (χ2v) is 5.16. The first-order chi connectivity index (χ1) is 10.2. The van der Waals surface area contributed by atoms with Crippen LogP contribution in [0.3, 0.4) is 0 Å². The van der Waals surface area contributed by atoms with Crippen LogP contribution in [0.2, 0.25) is 0 Å². The van der Waals surface area contributed by atoms with E-state index >= 15 is 0 Å². The predicted octanol–water partition coefficient (Wildman–Crippen LogP) is 2.68. The maximum atomic E-state index is 11.2. The number of hydrogen-bond donors (Lipinski definition) is 2. The van der Waals surface area contributed by atoms with Gasteiger partial charge in [0.2, 0.25) is 0 Å². The molecular formula is C16H13NO4. The first-order valence-corrected chi connectivity index (χ1v) is 6.78. The smallest absolute Gasteiger partial charge is 0.321 e. The van der Waals surface area contributed by atoms with Gasteiger partial charge < -0.3 is 19.9 Å². The lowest BCUT2D eigenvalue weighted by Crippen LogP contribution is -2.41. The molecule has 2 heterocycles. The summed E-state index contributed by atoms with van der Waals surface area (Å²) in [6.45, 7) is 0.518. The Kier molecular flexibility index (Phi) is 2.62. The van der Waals surface area contributed by atoms with Gasteiger partial charge in [-0.05, 0) is 23.8 Å². The number of ether oxygens (including phenoxy) is 2. The van der Waals surface area contributed by atoms with Crippen LogP contribution in [0.5, 0.6) is 23.0 Å². The minimum atomic E-state index is -0.851. The van der Waals surface area contributed by atoms with Crippen molar-refractivity contribution in [1.82, 2.24) is 5.32 Å². The number of aliphatic carboxylic acids is 1. The van der Waals surface area contributed by atoms with E-state index < -0.39 is 12.0 Å². The molecule has 0 saturated heterocycles. The van der Waals surface area contributed by atoms with Crippen molar-refractivity contribution in [2.75, 3.05) is 0 Å². The van der Waals surface area contributed by atoms with Crippen LogP contribution in [-0.2, 0) is 17.8 Å². The Balaban J connectivity index is 1.78. The van der Waals surface area contributed by atoms with Crippen molar-refractivity contribution in [1.29, 1.82) is 0 Å². The molecule has 2 N–H and O–H groups in total. The molecule has 2 aliphatic rings. The lowest BCUT2D eigenvalue weighted by Gasteiger charge is -2.28. The summed E-state index contributed by atoms with van der Waals surface area (Å²) in [5, 5.41) is 12.2. The Hall–Kier alpha value is -2.53. The molecule has 0 spiro atoms. The number of hydrogen-bond acceptors (Lipinski definition) is 4. The predicted molar refractivity (Wildman–Crippen MR) is 75.0 cm³/mol. The fourth-order valence-corrected chi connectivity index (χ4v) is 2.76. The highest BCUT2D eigenvalue weighted by Gasteiger charge is 2.30. The number of fused-ring (bicyclic) bond motifs is 4. The van der Waals surface area contributed by atoms with Crippen molar-refractivity contribution < 1.29 is 19.4 Å². The average Bonchev–Trinajstić information content (AvgIpc) is 2.52. The van der Waals surface area contributed by atoms with Crippen molar-refractivity contribution in [2.45, 2.75) is 19.0 Å². The van der Waals surface area contributed by atoms with Crippen molar-refractivity contribution in [3.8, 4) is 23.0 Å². The zero-order valence-corrected chi connectivity index (χ0v) is 11.1. The highest BCUT2D eigenvalue weighted by atomic mass is 16.6. The molecule has 0 bridgehead atoms. The van der Waals surface area contributed by atoms with E-state index in [9.17, 15) is 9.90 Å². The highest BCUT2D eigenvalue weighted by molar-refractivity contribution is 5.75. The number of nitrogens with one attached hydrogen (secondary N) is 1. The monoisotopic (exact) mass is 283 g/mol. The molecule has 0 radical (unpaired) electrons. The maximum Gasteiger partial charge on any atom is 0.321 e. The van der Waals surface area contributed by atoms with E-state index in [1.54, 1.807) is 0 Å². The molecule has 1 atom stereocenters. The summed E-state index contributed by atoms with van der Waals surface area (Å²) in [5.41, 5.74) is 1.96. The van der Waals surface area contributed by atoms with Crippen molar-refractivity contribution in [2.24, 2.45) is 0 Å². The van der Waals surface area contributed by atoms with E-state index in [4.69, 9.17) is 9.47 Å². The Morgan fingerprint density at radius 1 is 1.10 bits per heavy atom. The van der Waals surface area contributed by atoms with Crippen molar-refractivity contribution in [3.05, 3.63) is 47.5 Å². The van der Waals surface area contributed by atoms with Gasteiger partial charge in [0.15, 0.2) is 23.0 Å². The van der Waals surface area contributed by atoms with Gasteiger partial charge in [-0.2, -0.15) is 0 Å². The van der Waals surface area contributed by atoms with Gasteiger partial charge in [-0.15, -0.1) is 0 Å². The Morgan fingerprint density at radius 2 is 1.86 bits per heavy atom. The summed E-state index contributed by atoms with van der Waals surface area (Å²) in [6.07, 6.45) is 0.388. The van der Waals surface area contributed by atoms with Gasteiger partial charge in [-0.25, -0.2) is 0 Å². The zero-order valence-electron chi connectivity index (χ0n) is 11.1. The Labute approximate surface area is 121 Å². The molecule has 0 amide bonds. The number of para-hydroxylation sites is 2. The van der Waals surface area contributed by atoms with Crippen LogP contribution in [0.15, 0.2) is 36.4 Å². The normalized spacial score (nSPS) is 18.6. The van der Waals surface area contributed by atoms with Crippen LogP contribution in [0.4, 0.5) is 0 Å². The highest BCUT2D eigenvalue weighted by Crippen LogP contribution is 2.48. The summed E-state index contributed by atoms with van der Waals surface area (Å²) in [7, 11) is 0. The maximum absolute atomic E-state index is 11.2. The van der Waals surface area contributed by atoms with Crippen LogP contribution < -0.4 is 14.8 Å². The molecule has 0 aliphatic carbocycles. The third kappa shape index (κ3) is 1.94. The SMILES string of the molecule is O=C(O)C1Cc2c(ccc3c2Oc2ccccc2O3)CN1. The van der Waals surface area contributed by atoms with Gasteiger partial charge in [0, 0.05) is 18.5 Å². The summed E-state index contributed by atoms with van der Waals surface area (Å²) >= 11 is 0. The molecule has 0 fully saturated rings. The minimum Gasteiger partial charge on any atom is -0.480 e. The number of rotatable bonds is 1. The molecule has 4 rings (SSSR count). The molecule has 2 aliphatic heterocycles. The van der Waals surface area contributed by atoms with Crippen LogP contribution in [0.1, 0.15) is 11.1 Å². The van der Waals surface area contributed by atoms with Crippen molar-refractivity contribution in [3.63, 3.8) is 0 Å². The number of carboxylic acids is 1. The third-order valence-electron chi connectivity index (χ3n) is 3.85. The van der Waals surface area contributed by atoms with Gasteiger partial charge in [-0.1, -0.05) is 18.2 Å². The molecule has 0 saturated carbocycles. The lowest BCUT2D eigenvalue weighted by atomic mass is 9.94. The van der Waals surface area contributed by atoms with E-state index in [0.29, 0.717) is 36.0 Å². The molecule has 5 heteroatoms. The minimum absolute atomic E-state index is 0.388. The first-order valence-electron chi connectivity index (χ1n) is 6.78. The molecule has 21 heavy (non-hydrogen) atoms. The Morgan fingerprint density at radius 3 is 2.62 bits per heavy atom. The van der Waals surface area contributed by atoms with Crippen LogP contribution in [-0.4, -0.2) is 17.1 Å². The molecular weight excluding hydrogens is 270 g/mol. The molecule has 5 nitrogen and oxygen atoms in total. The second kappa shape index (κ2) is 4.49. The number of benzene rings is 2. The first kappa shape index (κ1) is 12.2. The third-order valence-corrected chi connectivity index (χ3v) is 3.85. The van der Waals surface area contributed by atoms with Crippen LogP contribution in [0, 0.1) is 0 Å². The zero-order chi connectivity index (χ0) is 14.4. The largest absolute Gasteiger partial charge is 0.480 e. The summed E-state index contributed by atoms with van der Waals surface area (Å²) in [5.74, 6) is 1.75. The van der Waals surface area contributed by atoms with Gasteiger partial charge >= 0.3 is 5.97 Å². The van der Waals surface area contributed by atoms with Gasteiger partial charge in [0.25, 0.3) is 0 Å². The summed E-state index contributed by atoms with van der Waals surface area (Å²) < 4.78 is 11.8. The van der Waals surface area contributed by atoms with Gasteiger partial charge in [0.05, 0.1) is 0 Å². The van der Waals surface area contributed by atoms with Crippen molar-refractivity contribution >= 4 is 5.97 Å². The standard InChI is InChI=1S/C16H13NO4/c18-16(19)11-7-10-9(8-17-11)5-6-14-15(10)21-13-4-2-1-3-12(13)20-14/h1-6,11,17H,7-8H2,(H,18,19). The van der Waals surface area contributed by atoms with E-state index in [0.717, 1.165) is 11.1 Å². The van der Waals surface area contributed by atoms with E-state index in [2.05, 4.69) is 5.32 Å². The molecule has 1 unspecified atom stereocenters. The topological polar surface area (TPSA) is 67.8 Å². The fraction of sp³-hybridized carbons (Fsp3) is 0.188. The van der Waals surface area contributed by atoms with Gasteiger partial charge in [-0.3, -0.25) is 4.79 Å². The van der Waals surface area contributed by atoms with E-state index in [-0.39, 0.29) is 0 Å². The summed E-state index contributed by atoms with van der Waals surface area (Å²) in [4.78, 5) is 11.2. The molecule has 2 aromatic carbocycles. The molecule has 106 valence electrons. The van der Waals surface area contributed by atoms with E-state index in [1.165, 1.54) is 0 Å². The second-order valence-electron chi connectivity index (χ2n) is 5.16. The molecule has 2 aromatic rings.